The molecule has 1 fully saturated rings. The molecule has 1 aliphatic rings. The van der Waals surface area contributed by atoms with Crippen LogP contribution < -0.4 is 5.73 Å². The van der Waals surface area contributed by atoms with Gasteiger partial charge < -0.3 is 10.6 Å². The van der Waals surface area contributed by atoms with Gasteiger partial charge in [0.2, 0.25) is 0 Å². The summed E-state index contributed by atoms with van der Waals surface area (Å²) in [7, 11) is 0. The van der Waals surface area contributed by atoms with Gasteiger partial charge in [0, 0.05) is 18.8 Å². The topological polar surface area (TPSA) is 59.2 Å². The molecule has 0 saturated heterocycles. The molecule has 1 aliphatic carbocycles. The summed E-state index contributed by atoms with van der Waals surface area (Å²) in [6.07, 6.45) is 7.52. The zero-order valence-electron chi connectivity index (χ0n) is 12.6. The lowest BCUT2D eigenvalue weighted by Gasteiger charge is -2.33. The van der Waals surface area contributed by atoms with Crippen LogP contribution in [0.1, 0.15) is 55.1 Å². The van der Waals surface area contributed by atoms with Crippen LogP contribution in [-0.4, -0.2) is 34.9 Å². The molecule has 2 rings (SSSR count). The Morgan fingerprint density at radius 2 is 2.19 bits per heavy atom. The van der Waals surface area contributed by atoms with Gasteiger partial charge in [0.1, 0.15) is 5.69 Å². The molecular weight excluding hydrogens is 262 g/mol. The molecule has 0 unspecified atom stereocenters. The van der Waals surface area contributed by atoms with Crippen LogP contribution in [0.4, 0.5) is 0 Å². The Bertz CT molecular complexity index is 538. The molecule has 0 radical (unpaired) electrons. The number of amides is 1. The Kier molecular flexibility index (Phi) is 5.77. The van der Waals surface area contributed by atoms with Gasteiger partial charge in [0.15, 0.2) is 0 Å². The van der Waals surface area contributed by atoms with E-state index in [0.717, 1.165) is 12.8 Å². The van der Waals surface area contributed by atoms with Crippen molar-refractivity contribution in [2.45, 2.75) is 45.1 Å². The number of carbonyl (C=O) groups excluding carboxylic acids is 1. The molecule has 1 heterocycles. The first kappa shape index (κ1) is 15.5. The normalized spacial score (nSPS) is 15.1. The third-order valence-corrected chi connectivity index (χ3v) is 3.95. The van der Waals surface area contributed by atoms with E-state index in [9.17, 15) is 4.79 Å². The predicted octanol–water partition coefficient (Wildman–Crippen LogP) is 2.19. The molecule has 1 amide bonds. The van der Waals surface area contributed by atoms with Crippen LogP contribution in [-0.2, 0) is 0 Å². The molecule has 0 aromatic carbocycles. The molecule has 4 heteroatoms. The molecule has 112 valence electrons. The summed E-state index contributed by atoms with van der Waals surface area (Å²) in [5.41, 5.74) is 6.53. The van der Waals surface area contributed by atoms with E-state index in [0.29, 0.717) is 23.8 Å². The lowest BCUT2D eigenvalue weighted by Crippen LogP contribution is -2.41. The minimum Gasteiger partial charge on any atom is -0.335 e. The summed E-state index contributed by atoms with van der Waals surface area (Å²) >= 11 is 0. The third kappa shape index (κ3) is 3.83. The monoisotopic (exact) mass is 285 g/mol. The lowest BCUT2D eigenvalue weighted by atomic mass is 9.94. The number of rotatable bonds is 3. The zero-order valence-corrected chi connectivity index (χ0v) is 12.6. The minimum absolute atomic E-state index is 0.00804. The van der Waals surface area contributed by atoms with Crippen molar-refractivity contribution < 1.29 is 4.79 Å². The molecule has 1 saturated carbocycles. The average molecular weight is 285 g/mol. The van der Waals surface area contributed by atoms with Crippen molar-refractivity contribution in [3.05, 3.63) is 29.6 Å². The molecule has 1 aromatic rings. The van der Waals surface area contributed by atoms with Crippen molar-refractivity contribution in [2.75, 3.05) is 13.1 Å². The summed E-state index contributed by atoms with van der Waals surface area (Å²) < 4.78 is 0. The molecule has 2 N–H and O–H groups in total. The lowest BCUT2D eigenvalue weighted by molar-refractivity contribution is 0.0641. The Labute approximate surface area is 126 Å². The maximum absolute atomic E-state index is 12.8. The molecule has 0 spiro atoms. The molecule has 21 heavy (non-hydrogen) atoms. The zero-order chi connectivity index (χ0) is 15.1. The van der Waals surface area contributed by atoms with E-state index < -0.39 is 0 Å². The van der Waals surface area contributed by atoms with Gasteiger partial charge >= 0.3 is 0 Å². The van der Waals surface area contributed by atoms with Crippen molar-refractivity contribution in [1.82, 2.24) is 9.88 Å². The summed E-state index contributed by atoms with van der Waals surface area (Å²) in [5.74, 6) is 5.75. The van der Waals surface area contributed by atoms with Crippen molar-refractivity contribution in [2.24, 2.45) is 5.73 Å². The Hall–Kier alpha value is -1.86. The quantitative estimate of drug-likeness (QED) is 0.866. The average Bonchev–Trinajstić information content (AvgIpc) is 2.55. The maximum Gasteiger partial charge on any atom is 0.273 e. The number of aromatic nitrogens is 1. The van der Waals surface area contributed by atoms with E-state index in [2.05, 4.69) is 16.8 Å². The number of nitrogens with zero attached hydrogens (tertiary/aromatic N) is 2. The van der Waals surface area contributed by atoms with E-state index in [4.69, 9.17) is 5.73 Å². The van der Waals surface area contributed by atoms with Crippen LogP contribution in [0.25, 0.3) is 0 Å². The van der Waals surface area contributed by atoms with Crippen LogP contribution in [0.15, 0.2) is 18.3 Å². The molecule has 4 nitrogen and oxygen atoms in total. The third-order valence-electron chi connectivity index (χ3n) is 3.95. The van der Waals surface area contributed by atoms with Crippen molar-refractivity contribution in [3.63, 3.8) is 0 Å². The van der Waals surface area contributed by atoms with Gasteiger partial charge in [0.05, 0.1) is 12.1 Å². The largest absolute Gasteiger partial charge is 0.335 e. The summed E-state index contributed by atoms with van der Waals surface area (Å²) in [6, 6.07) is 3.97. The first-order chi connectivity index (χ1) is 10.3. The second-order valence-corrected chi connectivity index (χ2v) is 5.29. The second kappa shape index (κ2) is 7.80. The summed E-state index contributed by atoms with van der Waals surface area (Å²) in [6.45, 7) is 3.02. The maximum atomic E-state index is 12.8. The number of carbonyl (C=O) groups is 1. The van der Waals surface area contributed by atoms with Gasteiger partial charge in [-0.25, -0.2) is 4.98 Å². The number of hydrogen-bond donors (Lipinski definition) is 1. The second-order valence-electron chi connectivity index (χ2n) is 5.29. The van der Waals surface area contributed by atoms with E-state index in [1.165, 1.54) is 19.3 Å². The Morgan fingerprint density at radius 1 is 1.43 bits per heavy atom. The van der Waals surface area contributed by atoms with Crippen molar-refractivity contribution >= 4 is 5.91 Å². The Balaban J connectivity index is 2.24. The summed E-state index contributed by atoms with van der Waals surface area (Å²) in [5, 5.41) is 0. The van der Waals surface area contributed by atoms with Gasteiger partial charge in [-0.1, -0.05) is 31.1 Å². The molecule has 0 aliphatic heterocycles. The van der Waals surface area contributed by atoms with Crippen molar-refractivity contribution in [1.29, 1.82) is 0 Å². The van der Waals surface area contributed by atoms with Crippen LogP contribution in [0.5, 0.6) is 0 Å². The summed E-state index contributed by atoms with van der Waals surface area (Å²) in [4.78, 5) is 19.0. The minimum atomic E-state index is -0.00804. The van der Waals surface area contributed by atoms with E-state index in [1.807, 2.05) is 17.9 Å². The van der Waals surface area contributed by atoms with Gasteiger partial charge in [-0.05, 0) is 31.9 Å². The molecule has 0 atom stereocenters. The highest BCUT2D eigenvalue weighted by Gasteiger charge is 2.26. The van der Waals surface area contributed by atoms with Gasteiger partial charge in [0.25, 0.3) is 5.91 Å². The Morgan fingerprint density at radius 3 is 2.86 bits per heavy atom. The van der Waals surface area contributed by atoms with E-state index >= 15 is 0 Å². The fourth-order valence-electron chi connectivity index (χ4n) is 2.92. The van der Waals surface area contributed by atoms with Gasteiger partial charge in [-0.3, -0.25) is 4.79 Å². The predicted molar refractivity (Wildman–Crippen MR) is 83.8 cm³/mol. The smallest absolute Gasteiger partial charge is 0.273 e. The van der Waals surface area contributed by atoms with Gasteiger partial charge in [-0.15, -0.1) is 0 Å². The molecule has 1 aromatic heterocycles. The first-order valence-electron chi connectivity index (χ1n) is 7.72. The van der Waals surface area contributed by atoms with E-state index in [1.54, 1.807) is 12.3 Å². The highest BCUT2D eigenvalue weighted by molar-refractivity contribution is 5.95. The van der Waals surface area contributed by atoms with E-state index in [-0.39, 0.29) is 12.5 Å². The fraction of sp³-hybridized carbons (Fsp3) is 0.529. The first-order valence-corrected chi connectivity index (χ1v) is 7.72. The van der Waals surface area contributed by atoms with Crippen molar-refractivity contribution in [3.8, 4) is 11.8 Å². The highest BCUT2D eigenvalue weighted by atomic mass is 16.2. The van der Waals surface area contributed by atoms with Crippen LogP contribution in [0.2, 0.25) is 0 Å². The van der Waals surface area contributed by atoms with Crippen LogP contribution in [0.3, 0.4) is 0 Å². The number of nitrogens with two attached hydrogens (primary N) is 1. The number of hydrogen-bond acceptors (Lipinski definition) is 3. The SMILES string of the molecule is CCN(C(=O)c1ncccc1C#CCN)C1CCCCC1. The van der Waals surface area contributed by atoms with Crippen LogP contribution in [0, 0.1) is 11.8 Å². The fourth-order valence-corrected chi connectivity index (χ4v) is 2.92. The van der Waals surface area contributed by atoms with Crippen LogP contribution >= 0.6 is 0 Å². The molecule has 0 bridgehead atoms. The highest BCUT2D eigenvalue weighted by Crippen LogP contribution is 2.24. The standard InChI is InChI=1S/C17H23N3O/c1-2-20(15-10-4-3-5-11-15)17(21)16-14(8-6-12-18)9-7-13-19-16/h7,9,13,15H,2-5,10-12,18H2,1H3. The number of pyridine rings is 1. The van der Waals surface area contributed by atoms with Gasteiger partial charge in [-0.2, -0.15) is 0 Å². The molecular formula is C17H23N3O.